The zero-order chi connectivity index (χ0) is 9.56. The fraction of sp³-hybridized carbons (Fsp3) is 0.667. The number of rotatable bonds is 5. The number of hydrogen-bond donors (Lipinski definition) is 1. The van der Waals surface area contributed by atoms with E-state index in [1.807, 2.05) is 6.92 Å². The molecule has 2 atom stereocenters. The van der Waals surface area contributed by atoms with Gasteiger partial charge in [0.15, 0.2) is 0 Å². The summed E-state index contributed by atoms with van der Waals surface area (Å²) in [5.74, 6) is -0.820. The van der Waals surface area contributed by atoms with Gasteiger partial charge in [-0.2, -0.15) is 0 Å². The van der Waals surface area contributed by atoms with Crippen LogP contribution in [0.1, 0.15) is 20.3 Å². The molecule has 0 amide bonds. The zero-order valence-corrected chi connectivity index (χ0v) is 7.62. The first-order valence-electron chi connectivity index (χ1n) is 4.09. The molecule has 0 spiro atoms. The summed E-state index contributed by atoms with van der Waals surface area (Å²) in [7, 11) is 0. The van der Waals surface area contributed by atoms with Gasteiger partial charge in [0, 0.05) is 0 Å². The molecule has 1 N–H and O–H groups in total. The fourth-order valence-electron chi connectivity index (χ4n) is 0.783. The Morgan fingerprint density at radius 1 is 1.75 bits per heavy atom. The quantitative estimate of drug-likeness (QED) is 0.499. The van der Waals surface area contributed by atoms with E-state index in [0.29, 0.717) is 6.42 Å². The second-order valence-electron chi connectivity index (χ2n) is 2.68. The number of carbonyl (C=O) groups excluding carboxylic acids is 1. The van der Waals surface area contributed by atoms with E-state index in [9.17, 15) is 9.90 Å². The van der Waals surface area contributed by atoms with Gasteiger partial charge >= 0.3 is 5.97 Å². The van der Waals surface area contributed by atoms with Crippen molar-refractivity contribution in [1.29, 1.82) is 0 Å². The van der Waals surface area contributed by atoms with E-state index in [1.54, 1.807) is 6.92 Å². The topological polar surface area (TPSA) is 46.5 Å². The predicted octanol–water partition coefficient (Wildman–Crippen LogP) is 1.12. The summed E-state index contributed by atoms with van der Waals surface area (Å²) < 4.78 is 4.76. The number of aliphatic hydroxyl groups excluding tert-OH is 1. The van der Waals surface area contributed by atoms with E-state index in [1.165, 1.54) is 6.08 Å². The van der Waals surface area contributed by atoms with Gasteiger partial charge in [-0.05, 0) is 13.3 Å². The Bertz CT molecular complexity index is 154. The highest BCUT2D eigenvalue weighted by atomic mass is 16.5. The lowest BCUT2D eigenvalue weighted by molar-refractivity contribution is -0.150. The monoisotopic (exact) mass is 172 g/mol. The summed E-state index contributed by atoms with van der Waals surface area (Å²) in [6, 6.07) is 0. The highest BCUT2D eigenvalue weighted by molar-refractivity contribution is 5.72. The van der Waals surface area contributed by atoms with Gasteiger partial charge in [-0.25, -0.2) is 0 Å². The van der Waals surface area contributed by atoms with Crippen LogP contribution in [0.2, 0.25) is 0 Å². The van der Waals surface area contributed by atoms with Crippen LogP contribution >= 0.6 is 0 Å². The highest BCUT2D eigenvalue weighted by Crippen LogP contribution is 2.08. The van der Waals surface area contributed by atoms with Crippen LogP contribution in [-0.4, -0.2) is 23.8 Å². The summed E-state index contributed by atoms with van der Waals surface area (Å²) in [4.78, 5) is 11.1. The Kier molecular flexibility index (Phi) is 5.37. The average Bonchev–Trinajstić information content (AvgIpc) is 2.11. The van der Waals surface area contributed by atoms with Gasteiger partial charge in [-0.1, -0.05) is 19.6 Å². The largest absolute Gasteiger partial charge is 0.461 e. The van der Waals surface area contributed by atoms with E-state index in [-0.39, 0.29) is 12.6 Å². The Morgan fingerprint density at radius 2 is 2.33 bits per heavy atom. The van der Waals surface area contributed by atoms with Gasteiger partial charge in [0.1, 0.15) is 6.61 Å². The van der Waals surface area contributed by atoms with Crippen LogP contribution in [0, 0.1) is 5.92 Å². The lowest BCUT2D eigenvalue weighted by atomic mass is 10.0. The van der Waals surface area contributed by atoms with E-state index < -0.39 is 12.0 Å². The van der Waals surface area contributed by atoms with Gasteiger partial charge in [0.25, 0.3) is 0 Å². The molecule has 0 saturated carbocycles. The normalized spacial score (nSPS) is 14.9. The molecule has 0 bridgehead atoms. The Hall–Kier alpha value is -0.830. The minimum atomic E-state index is -0.609. The molecule has 0 aromatic heterocycles. The van der Waals surface area contributed by atoms with Crippen LogP contribution < -0.4 is 0 Å². The third-order valence-corrected chi connectivity index (χ3v) is 1.71. The molecular formula is C9H16O3. The molecule has 0 radical (unpaired) electrons. The molecule has 0 saturated heterocycles. The van der Waals surface area contributed by atoms with Crippen molar-refractivity contribution in [3.05, 3.63) is 12.7 Å². The number of hydrogen-bond acceptors (Lipinski definition) is 3. The maximum Gasteiger partial charge on any atom is 0.311 e. The lowest BCUT2D eigenvalue weighted by Gasteiger charge is -2.14. The number of aliphatic hydroxyl groups is 1. The van der Waals surface area contributed by atoms with Crippen LogP contribution in [-0.2, 0) is 9.53 Å². The van der Waals surface area contributed by atoms with Crippen LogP contribution in [0.4, 0.5) is 0 Å². The summed E-state index contributed by atoms with van der Waals surface area (Å²) in [5.41, 5.74) is 0. The van der Waals surface area contributed by atoms with Gasteiger partial charge in [-0.15, -0.1) is 0 Å². The van der Waals surface area contributed by atoms with Crippen LogP contribution in [0.25, 0.3) is 0 Å². The average molecular weight is 172 g/mol. The third-order valence-electron chi connectivity index (χ3n) is 1.71. The zero-order valence-electron chi connectivity index (χ0n) is 7.62. The highest BCUT2D eigenvalue weighted by Gasteiger charge is 2.21. The third kappa shape index (κ3) is 3.53. The Morgan fingerprint density at radius 3 is 2.75 bits per heavy atom. The van der Waals surface area contributed by atoms with E-state index in [0.717, 1.165) is 0 Å². The van der Waals surface area contributed by atoms with Crippen molar-refractivity contribution >= 4 is 5.97 Å². The molecule has 12 heavy (non-hydrogen) atoms. The summed E-state index contributed by atoms with van der Waals surface area (Å²) in [5, 5.41) is 9.27. The van der Waals surface area contributed by atoms with Gasteiger partial charge in [-0.3, -0.25) is 4.79 Å². The number of ether oxygens (including phenoxy) is 1. The first kappa shape index (κ1) is 11.2. The van der Waals surface area contributed by atoms with E-state index in [2.05, 4.69) is 6.58 Å². The molecule has 70 valence electrons. The summed E-state index contributed by atoms with van der Waals surface area (Å²) in [6.45, 7) is 7.10. The van der Waals surface area contributed by atoms with Crippen LogP contribution in [0.3, 0.4) is 0 Å². The smallest absolute Gasteiger partial charge is 0.311 e. The fourth-order valence-corrected chi connectivity index (χ4v) is 0.783. The second-order valence-corrected chi connectivity index (χ2v) is 2.68. The molecule has 0 fully saturated rings. The minimum Gasteiger partial charge on any atom is -0.461 e. The molecule has 0 aliphatic carbocycles. The molecule has 0 heterocycles. The predicted molar refractivity (Wildman–Crippen MR) is 46.6 cm³/mol. The van der Waals surface area contributed by atoms with Crippen LogP contribution in [0.15, 0.2) is 12.7 Å². The van der Waals surface area contributed by atoms with Crippen molar-refractivity contribution in [3.63, 3.8) is 0 Å². The molecule has 0 aromatic rings. The number of carbonyl (C=O) groups is 1. The second kappa shape index (κ2) is 5.77. The van der Waals surface area contributed by atoms with Gasteiger partial charge < -0.3 is 9.84 Å². The molecule has 0 rings (SSSR count). The standard InChI is InChI=1S/C9H16O3/c1-4-6-12-9(11)7(3)8(10)5-2/h4,7-8,10H,1,5-6H2,2-3H3/t7-,8-/m1/s1. The minimum absolute atomic E-state index is 0.208. The lowest BCUT2D eigenvalue weighted by Crippen LogP contribution is -2.26. The van der Waals surface area contributed by atoms with E-state index >= 15 is 0 Å². The maximum atomic E-state index is 11.1. The van der Waals surface area contributed by atoms with Crippen molar-refractivity contribution in [3.8, 4) is 0 Å². The molecule has 3 nitrogen and oxygen atoms in total. The maximum absolute atomic E-state index is 11.1. The first-order valence-corrected chi connectivity index (χ1v) is 4.09. The Balaban J connectivity index is 3.83. The summed E-state index contributed by atoms with van der Waals surface area (Å²) >= 11 is 0. The van der Waals surface area contributed by atoms with Crippen molar-refractivity contribution < 1.29 is 14.6 Å². The Labute approximate surface area is 73.0 Å². The van der Waals surface area contributed by atoms with Crippen molar-refractivity contribution in [2.75, 3.05) is 6.61 Å². The van der Waals surface area contributed by atoms with E-state index in [4.69, 9.17) is 4.74 Å². The first-order chi connectivity index (χ1) is 5.63. The molecule has 0 aromatic carbocycles. The molecule has 3 heteroatoms. The van der Waals surface area contributed by atoms with Gasteiger partial charge in [0.05, 0.1) is 12.0 Å². The van der Waals surface area contributed by atoms with Crippen molar-refractivity contribution in [2.24, 2.45) is 5.92 Å². The SMILES string of the molecule is C=CCOC(=O)[C@H](C)[C@H](O)CC. The van der Waals surface area contributed by atoms with Crippen molar-refractivity contribution in [2.45, 2.75) is 26.4 Å². The van der Waals surface area contributed by atoms with Crippen LogP contribution in [0.5, 0.6) is 0 Å². The molecule has 0 aliphatic rings. The summed E-state index contributed by atoms with van der Waals surface area (Å²) in [6.07, 6.45) is 1.45. The van der Waals surface area contributed by atoms with Gasteiger partial charge in [0.2, 0.25) is 0 Å². The van der Waals surface area contributed by atoms with Crippen molar-refractivity contribution in [1.82, 2.24) is 0 Å². The molecular weight excluding hydrogens is 156 g/mol. The molecule has 0 aliphatic heterocycles. The number of esters is 1. The molecule has 0 unspecified atom stereocenters.